The van der Waals surface area contributed by atoms with Crippen molar-refractivity contribution in [3.05, 3.63) is 66.1 Å². The number of aryl methyl sites for hydroxylation is 1. The van der Waals surface area contributed by atoms with Gasteiger partial charge in [-0.2, -0.15) is 0 Å². The predicted molar refractivity (Wildman–Crippen MR) is 141 cm³/mol. The molecule has 0 aliphatic heterocycles. The van der Waals surface area contributed by atoms with Gasteiger partial charge in [-0.15, -0.1) is 0 Å². The summed E-state index contributed by atoms with van der Waals surface area (Å²) in [6.45, 7) is 4.58. The summed E-state index contributed by atoms with van der Waals surface area (Å²) in [4.78, 5) is 3.98. The predicted octanol–water partition coefficient (Wildman–Crippen LogP) is 6.09. The normalized spacial score (nSPS) is 13.8. The van der Waals surface area contributed by atoms with Gasteiger partial charge in [0.15, 0.2) is 5.82 Å². The molecule has 0 amide bonds. The zero-order valence-corrected chi connectivity index (χ0v) is 21.1. The number of fused-ring (bicyclic) bond motifs is 1. The number of nitrogens with zero attached hydrogens (tertiary/aromatic N) is 2. The minimum atomic E-state index is -3.38. The van der Waals surface area contributed by atoms with Crippen molar-refractivity contribution < 1.29 is 17.5 Å². The van der Waals surface area contributed by atoms with Crippen molar-refractivity contribution in [1.82, 2.24) is 9.55 Å². The Balaban J connectivity index is 1.57. The van der Waals surface area contributed by atoms with Gasteiger partial charge >= 0.3 is 0 Å². The molecule has 4 aromatic rings. The van der Waals surface area contributed by atoms with Crippen molar-refractivity contribution in [2.24, 2.45) is 5.92 Å². The van der Waals surface area contributed by atoms with E-state index in [0.29, 0.717) is 29.5 Å². The third-order valence-corrected chi connectivity index (χ3v) is 7.87. The lowest BCUT2D eigenvalue weighted by atomic mass is 10.0. The molecule has 0 unspecified atom stereocenters. The highest BCUT2D eigenvalue weighted by molar-refractivity contribution is 7.92. The Morgan fingerprint density at radius 2 is 2.00 bits per heavy atom. The topological polar surface area (TPSA) is 99.2 Å². The fraction of sp³-hybridized carbons (Fsp3) is 0.296. The van der Waals surface area contributed by atoms with Crippen molar-refractivity contribution in [1.29, 1.82) is 0 Å². The first-order valence-corrected chi connectivity index (χ1v) is 13.7. The van der Waals surface area contributed by atoms with Gasteiger partial charge in [-0.3, -0.25) is 4.72 Å². The van der Waals surface area contributed by atoms with Crippen LogP contribution in [0.4, 0.5) is 15.8 Å². The molecule has 0 atom stereocenters. The van der Waals surface area contributed by atoms with Crippen LogP contribution in [0.2, 0.25) is 0 Å². The molecule has 9 heteroatoms. The van der Waals surface area contributed by atoms with Crippen LogP contribution in [0.15, 0.2) is 54.7 Å². The second kappa shape index (κ2) is 9.46. The van der Waals surface area contributed by atoms with E-state index in [1.54, 1.807) is 12.1 Å². The van der Waals surface area contributed by atoms with Crippen molar-refractivity contribution in [3.8, 4) is 22.9 Å². The van der Waals surface area contributed by atoms with Crippen LogP contribution in [0.1, 0.15) is 31.7 Å². The number of ether oxygens (including phenoxy) is 1. The van der Waals surface area contributed by atoms with Crippen LogP contribution in [-0.4, -0.2) is 23.7 Å². The van der Waals surface area contributed by atoms with E-state index < -0.39 is 15.8 Å². The lowest BCUT2D eigenvalue weighted by Gasteiger charge is -2.15. The maximum atomic E-state index is 14.1. The number of benzene rings is 2. The van der Waals surface area contributed by atoms with E-state index in [4.69, 9.17) is 10.5 Å². The molecule has 3 N–H and O–H groups in total. The molecule has 1 aliphatic rings. The zero-order chi connectivity index (χ0) is 25.4. The van der Waals surface area contributed by atoms with Gasteiger partial charge in [0.1, 0.15) is 5.75 Å². The van der Waals surface area contributed by atoms with E-state index >= 15 is 0 Å². The number of hydrogen-bond acceptors (Lipinski definition) is 5. The smallest absolute Gasteiger partial charge is 0.255 e. The summed E-state index contributed by atoms with van der Waals surface area (Å²) >= 11 is 0. The maximum absolute atomic E-state index is 14.1. The standard InChI is InChI=1S/C27H29FN4O3S/c1-3-13-36(33,34)31-19-8-10-21(17(2)14-19)26-25(29)22-11-9-20(35-27-23(28)5-4-12-30-27)15-24(22)32(26)16-18-6-7-18/h4-5,8-12,14-15,18,31H,3,6-7,13,16,29H2,1-2H3. The lowest BCUT2D eigenvalue weighted by molar-refractivity contribution is 0.423. The summed E-state index contributed by atoms with van der Waals surface area (Å²) in [5.41, 5.74) is 11.5. The third-order valence-electron chi connectivity index (χ3n) is 6.38. The van der Waals surface area contributed by atoms with Crippen LogP contribution >= 0.6 is 0 Å². The Hall–Kier alpha value is -3.59. The van der Waals surface area contributed by atoms with E-state index in [-0.39, 0.29) is 11.6 Å². The highest BCUT2D eigenvalue weighted by Gasteiger charge is 2.27. The molecule has 1 aliphatic carbocycles. The number of nitrogens with two attached hydrogens (primary N) is 1. The number of rotatable bonds is 9. The summed E-state index contributed by atoms with van der Waals surface area (Å²) < 4.78 is 49.2. The average molecular weight is 509 g/mol. The molecule has 1 saturated carbocycles. The minimum Gasteiger partial charge on any atom is -0.436 e. The fourth-order valence-electron chi connectivity index (χ4n) is 4.51. The van der Waals surface area contributed by atoms with Gasteiger partial charge in [-0.25, -0.2) is 17.8 Å². The van der Waals surface area contributed by atoms with E-state index in [0.717, 1.165) is 47.1 Å². The molecule has 7 nitrogen and oxygen atoms in total. The quantitative estimate of drug-likeness (QED) is 0.285. The van der Waals surface area contributed by atoms with Crippen molar-refractivity contribution in [2.75, 3.05) is 16.2 Å². The first-order chi connectivity index (χ1) is 17.3. The van der Waals surface area contributed by atoms with Crippen molar-refractivity contribution in [3.63, 3.8) is 0 Å². The van der Waals surface area contributed by atoms with Crippen LogP contribution in [0.25, 0.3) is 22.2 Å². The monoisotopic (exact) mass is 508 g/mol. The van der Waals surface area contributed by atoms with Gasteiger partial charge in [-0.1, -0.05) is 13.0 Å². The number of hydrogen-bond donors (Lipinski definition) is 2. The van der Waals surface area contributed by atoms with Crippen LogP contribution in [0.3, 0.4) is 0 Å². The van der Waals surface area contributed by atoms with Gasteiger partial charge in [0, 0.05) is 35.4 Å². The van der Waals surface area contributed by atoms with E-state index in [2.05, 4.69) is 14.3 Å². The highest BCUT2D eigenvalue weighted by atomic mass is 32.2. The Kier molecular flexibility index (Phi) is 6.34. The van der Waals surface area contributed by atoms with Crippen molar-refractivity contribution in [2.45, 2.75) is 39.7 Å². The van der Waals surface area contributed by atoms with E-state index in [1.807, 2.05) is 38.1 Å². The molecule has 2 aromatic heterocycles. The van der Waals surface area contributed by atoms with E-state index in [9.17, 15) is 12.8 Å². The first kappa shape index (κ1) is 24.1. The molecular formula is C27H29FN4O3S. The molecule has 188 valence electrons. The number of nitrogens with one attached hydrogen (secondary N) is 1. The zero-order valence-electron chi connectivity index (χ0n) is 20.3. The van der Waals surface area contributed by atoms with Crippen molar-refractivity contribution >= 4 is 32.3 Å². The first-order valence-electron chi connectivity index (χ1n) is 12.1. The number of pyridine rings is 1. The van der Waals surface area contributed by atoms with Gasteiger partial charge < -0.3 is 15.0 Å². The van der Waals surface area contributed by atoms with Gasteiger partial charge in [0.2, 0.25) is 10.0 Å². The fourth-order valence-corrected chi connectivity index (χ4v) is 5.63. The van der Waals surface area contributed by atoms with E-state index in [1.165, 1.54) is 18.3 Å². The third kappa shape index (κ3) is 4.88. The molecule has 2 heterocycles. The average Bonchev–Trinajstić information content (AvgIpc) is 3.60. The number of sulfonamides is 1. The van der Waals surface area contributed by atoms with Crippen LogP contribution in [0, 0.1) is 18.7 Å². The maximum Gasteiger partial charge on any atom is 0.255 e. The Labute approximate surface area is 210 Å². The molecule has 0 spiro atoms. The Morgan fingerprint density at radius 3 is 2.69 bits per heavy atom. The van der Waals surface area contributed by atoms with Crippen LogP contribution in [-0.2, 0) is 16.6 Å². The number of nitrogen functional groups attached to an aromatic ring is 1. The molecule has 1 fully saturated rings. The second-order valence-electron chi connectivity index (χ2n) is 9.34. The minimum absolute atomic E-state index is 0.0726. The summed E-state index contributed by atoms with van der Waals surface area (Å²) in [5.74, 6) is 0.498. The molecule has 36 heavy (non-hydrogen) atoms. The largest absolute Gasteiger partial charge is 0.436 e. The summed E-state index contributed by atoms with van der Waals surface area (Å²) in [5, 5.41) is 0.881. The molecular weight excluding hydrogens is 479 g/mol. The summed E-state index contributed by atoms with van der Waals surface area (Å²) in [6, 6.07) is 13.9. The molecule has 0 radical (unpaired) electrons. The highest BCUT2D eigenvalue weighted by Crippen LogP contribution is 2.42. The number of aromatic nitrogens is 2. The second-order valence-corrected chi connectivity index (χ2v) is 11.2. The molecule has 5 rings (SSSR count). The molecule has 0 saturated heterocycles. The summed E-state index contributed by atoms with van der Waals surface area (Å²) in [6.07, 6.45) is 4.34. The molecule has 2 aromatic carbocycles. The van der Waals surface area contributed by atoms with Gasteiger partial charge in [0.05, 0.1) is 22.7 Å². The SMILES string of the molecule is CCCS(=O)(=O)Nc1ccc(-c2c(N)c3ccc(Oc4ncccc4F)cc3n2CC2CC2)c(C)c1. The Bertz CT molecular complexity index is 1540. The molecule has 0 bridgehead atoms. The number of halogens is 1. The lowest BCUT2D eigenvalue weighted by Crippen LogP contribution is -2.16. The van der Waals surface area contributed by atoms with Gasteiger partial charge in [-0.05, 0) is 74.1 Å². The number of anilines is 2. The van der Waals surface area contributed by atoms with Crippen LogP contribution < -0.4 is 15.2 Å². The van der Waals surface area contributed by atoms with Crippen LogP contribution in [0.5, 0.6) is 11.6 Å². The summed E-state index contributed by atoms with van der Waals surface area (Å²) in [7, 11) is -3.38. The van der Waals surface area contributed by atoms with Gasteiger partial charge in [0.25, 0.3) is 5.88 Å². The Morgan fingerprint density at radius 1 is 1.19 bits per heavy atom.